The third-order valence-corrected chi connectivity index (χ3v) is 3.53. The van der Waals surface area contributed by atoms with Crippen molar-refractivity contribution < 1.29 is 14.3 Å². The maximum Gasteiger partial charge on any atom is 0.319 e. The Morgan fingerprint density at radius 2 is 2.10 bits per heavy atom. The fourth-order valence-corrected chi connectivity index (χ4v) is 2.55. The number of ether oxygens (including phenoxy) is 1. The minimum Gasteiger partial charge on any atom is -0.468 e. The molecule has 0 radical (unpaired) electrons. The lowest BCUT2D eigenvalue weighted by molar-refractivity contribution is -0.141. The van der Waals surface area contributed by atoms with Crippen LogP contribution in [0, 0.1) is 0 Å². The van der Waals surface area contributed by atoms with Crippen molar-refractivity contribution >= 4 is 38.6 Å². The average Bonchev–Trinajstić information content (AvgIpc) is 2.79. The molecule has 1 N–H and O–H groups in total. The van der Waals surface area contributed by atoms with E-state index >= 15 is 0 Å². The third kappa shape index (κ3) is 3.75. The largest absolute Gasteiger partial charge is 0.468 e. The molecule has 106 valence electrons. The summed E-state index contributed by atoms with van der Waals surface area (Å²) in [6, 6.07) is 7.67. The van der Waals surface area contributed by atoms with E-state index in [0.717, 1.165) is 10.2 Å². The van der Waals surface area contributed by atoms with Crippen LogP contribution in [0.25, 0.3) is 10.2 Å². The number of aromatic nitrogens is 1. The second kappa shape index (κ2) is 6.44. The number of rotatable bonds is 5. The molecule has 0 saturated carbocycles. The topological polar surface area (TPSA) is 71.5 Å². The Kier molecular flexibility index (Phi) is 4.65. The van der Waals surface area contributed by atoms with Gasteiger partial charge in [-0.2, -0.15) is 0 Å². The number of thiazole rings is 1. The molecule has 1 amide bonds. The summed E-state index contributed by atoms with van der Waals surface area (Å²) in [4.78, 5) is 28.8. The molecule has 1 aromatic heterocycles. The van der Waals surface area contributed by atoms with Crippen molar-refractivity contribution in [2.75, 3.05) is 32.6 Å². The number of hydrogen-bond donors (Lipinski definition) is 1. The molecule has 0 bridgehead atoms. The number of carbonyl (C=O) groups excluding carboxylic acids is 2. The average molecular weight is 293 g/mol. The van der Waals surface area contributed by atoms with Crippen LogP contribution in [-0.2, 0) is 14.3 Å². The van der Waals surface area contributed by atoms with E-state index < -0.39 is 0 Å². The van der Waals surface area contributed by atoms with Crippen LogP contribution < -0.4 is 5.32 Å². The van der Waals surface area contributed by atoms with E-state index in [0.29, 0.717) is 5.13 Å². The third-order valence-electron chi connectivity index (χ3n) is 2.58. The normalized spacial score (nSPS) is 10.8. The van der Waals surface area contributed by atoms with E-state index in [1.54, 1.807) is 11.9 Å². The van der Waals surface area contributed by atoms with E-state index in [2.05, 4.69) is 15.0 Å². The van der Waals surface area contributed by atoms with Gasteiger partial charge in [0.05, 0.1) is 30.4 Å². The summed E-state index contributed by atoms with van der Waals surface area (Å²) in [5, 5.41) is 3.29. The number of methoxy groups -OCH3 is 1. The molecule has 1 aromatic carbocycles. The summed E-state index contributed by atoms with van der Waals surface area (Å²) >= 11 is 1.42. The van der Waals surface area contributed by atoms with Gasteiger partial charge in [0.2, 0.25) is 5.91 Å². The highest BCUT2D eigenvalue weighted by molar-refractivity contribution is 7.22. The number of hydrogen-bond acceptors (Lipinski definition) is 6. The van der Waals surface area contributed by atoms with E-state index in [9.17, 15) is 9.59 Å². The Balaban J connectivity index is 1.92. The van der Waals surface area contributed by atoms with Crippen molar-refractivity contribution in [2.45, 2.75) is 0 Å². The fourth-order valence-electron chi connectivity index (χ4n) is 1.67. The Bertz CT molecular complexity index is 593. The zero-order valence-corrected chi connectivity index (χ0v) is 12.1. The number of nitrogens with one attached hydrogen (secondary N) is 1. The molecule has 0 atom stereocenters. The van der Waals surface area contributed by atoms with Gasteiger partial charge in [-0.05, 0) is 19.2 Å². The highest BCUT2D eigenvalue weighted by Gasteiger charge is 2.12. The van der Waals surface area contributed by atoms with Crippen LogP contribution in [0.3, 0.4) is 0 Å². The molecule has 0 aliphatic carbocycles. The Labute approximate surface area is 120 Å². The zero-order valence-electron chi connectivity index (χ0n) is 11.3. The number of likely N-dealkylation sites (N-methyl/N-ethyl adjacent to an activating group) is 1. The summed E-state index contributed by atoms with van der Waals surface area (Å²) in [6.45, 7) is 0.175. The zero-order chi connectivity index (χ0) is 14.5. The van der Waals surface area contributed by atoms with Crippen LogP contribution in [0.2, 0.25) is 0 Å². The minimum atomic E-state index is -0.375. The van der Waals surface area contributed by atoms with Crippen LogP contribution in [0.5, 0.6) is 0 Å². The van der Waals surface area contributed by atoms with Gasteiger partial charge < -0.3 is 10.1 Å². The Morgan fingerprint density at radius 1 is 1.35 bits per heavy atom. The molecule has 2 aromatic rings. The van der Waals surface area contributed by atoms with Crippen molar-refractivity contribution in [2.24, 2.45) is 0 Å². The Morgan fingerprint density at radius 3 is 2.80 bits per heavy atom. The fraction of sp³-hybridized carbons (Fsp3) is 0.308. The second-order valence-electron chi connectivity index (χ2n) is 4.28. The van der Waals surface area contributed by atoms with E-state index in [-0.39, 0.29) is 25.0 Å². The second-order valence-corrected chi connectivity index (χ2v) is 5.31. The smallest absolute Gasteiger partial charge is 0.319 e. The number of nitrogens with zero attached hydrogens (tertiary/aromatic N) is 2. The maximum atomic E-state index is 11.8. The predicted molar refractivity (Wildman–Crippen MR) is 77.8 cm³/mol. The SMILES string of the molecule is COC(=O)CN(C)CC(=O)Nc1nc2ccccc2s1. The summed E-state index contributed by atoms with van der Waals surface area (Å²) in [5.74, 6) is -0.587. The summed E-state index contributed by atoms with van der Waals surface area (Å²) < 4.78 is 5.56. The van der Waals surface area contributed by atoms with Gasteiger partial charge in [0, 0.05) is 0 Å². The first-order valence-electron chi connectivity index (χ1n) is 5.99. The lowest BCUT2D eigenvalue weighted by atomic mass is 10.3. The van der Waals surface area contributed by atoms with Gasteiger partial charge in [-0.15, -0.1) is 0 Å². The molecule has 1 heterocycles. The first-order chi connectivity index (χ1) is 9.58. The minimum absolute atomic E-state index is 0.0732. The van der Waals surface area contributed by atoms with Crippen molar-refractivity contribution in [3.05, 3.63) is 24.3 Å². The van der Waals surface area contributed by atoms with E-state index in [1.807, 2.05) is 24.3 Å². The molecule has 6 nitrogen and oxygen atoms in total. The molecular weight excluding hydrogens is 278 g/mol. The van der Waals surface area contributed by atoms with Gasteiger partial charge in [0.25, 0.3) is 0 Å². The first-order valence-corrected chi connectivity index (χ1v) is 6.81. The van der Waals surface area contributed by atoms with Gasteiger partial charge in [-0.25, -0.2) is 4.98 Å². The molecule has 0 aliphatic heterocycles. The highest BCUT2D eigenvalue weighted by Crippen LogP contribution is 2.25. The maximum absolute atomic E-state index is 11.8. The molecule has 0 spiro atoms. The molecule has 20 heavy (non-hydrogen) atoms. The quantitative estimate of drug-likeness (QED) is 0.842. The molecule has 0 aliphatic rings. The molecule has 0 saturated heterocycles. The number of amides is 1. The van der Waals surface area contributed by atoms with E-state index in [4.69, 9.17) is 0 Å². The van der Waals surface area contributed by atoms with E-state index in [1.165, 1.54) is 18.4 Å². The summed E-state index contributed by atoms with van der Waals surface area (Å²) in [7, 11) is 2.99. The van der Waals surface area contributed by atoms with Crippen LogP contribution in [0.1, 0.15) is 0 Å². The number of carbonyl (C=O) groups is 2. The van der Waals surface area contributed by atoms with Crippen molar-refractivity contribution in [1.82, 2.24) is 9.88 Å². The number of esters is 1. The van der Waals surface area contributed by atoms with Crippen molar-refractivity contribution in [3.63, 3.8) is 0 Å². The molecule has 0 fully saturated rings. The number of fused-ring (bicyclic) bond motifs is 1. The van der Waals surface area contributed by atoms with Crippen LogP contribution in [-0.4, -0.2) is 49.0 Å². The van der Waals surface area contributed by atoms with Gasteiger partial charge in [-0.1, -0.05) is 23.5 Å². The van der Waals surface area contributed by atoms with Crippen molar-refractivity contribution in [1.29, 1.82) is 0 Å². The molecule has 0 unspecified atom stereocenters. The Hall–Kier alpha value is -1.99. The number of para-hydroxylation sites is 1. The lowest BCUT2D eigenvalue weighted by Crippen LogP contribution is -2.34. The molecular formula is C13H15N3O3S. The van der Waals surface area contributed by atoms with Gasteiger partial charge in [0.15, 0.2) is 5.13 Å². The lowest BCUT2D eigenvalue weighted by Gasteiger charge is -2.13. The molecule has 2 rings (SSSR count). The predicted octanol–water partition coefficient (Wildman–Crippen LogP) is 1.34. The number of anilines is 1. The van der Waals surface area contributed by atoms with Crippen LogP contribution in [0.4, 0.5) is 5.13 Å². The van der Waals surface area contributed by atoms with Crippen LogP contribution >= 0.6 is 11.3 Å². The summed E-state index contributed by atoms with van der Waals surface area (Å²) in [5.41, 5.74) is 0.857. The monoisotopic (exact) mass is 293 g/mol. The van der Waals surface area contributed by atoms with Gasteiger partial charge >= 0.3 is 5.97 Å². The standard InChI is InChI=1S/C13H15N3O3S/c1-16(8-12(18)19-2)7-11(17)15-13-14-9-5-3-4-6-10(9)20-13/h3-6H,7-8H2,1-2H3,(H,14,15,17). The summed E-state index contributed by atoms with van der Waals surface area (Å²) in [6.07, 6.45) is 0. The van der Waals surface area contributed by atoms with Gasteiger partial charge in [-0.3, -0.25) is 14.5 Å². The van der Waals surface area contributed by atoms with Crippen LogP contribution in [0.15, 0.2) is 24.3 Å². The molecule has 7 heteroatoms. The number of benzene rings is 1. The van der Waals surface area contributed by atoms with Crippen molar-refractivity contribution in [3.8, 4) is 0 Å². The highest BCUT2D eigenvalue weighted by atomic mass is 32.1. The van der Waals surface area contributed by atoms with Gasteiger partial charge in [0.1, 0.15) is 0 Å². The first kappa shape index (κ1) is 14.4.